The van der Waals surface area contributed by atoms with Gasteiger partial charge in [-0.15, -0.1) is 0 Å². The van der Waals surface area contributed by atoms with Crippen molar-refractivity contribution in [1.82, 2.24) is 5.43 Å². The largest absolute Gasteiger partial charge is 0.506 e. The minimum Gasteiger partial charge on any atom is -0.506 e. The Morgan fingerprint density at radius 1 is 1.14 bits per heavy atom. The van der Waals surface area contributed by atoms with Crippen LogP contribution in [0.25, 0.3) is 0 Å². The lowest BCUT2D eigenvalue weighted by molar-refractivity contribution is -0.123. The number of nitrogens with zero attached hydrogens (tertiary/aromatic N) is 1. The number of rotatable bonds is 6. The van der Waals surface area contributed by atoms with Gasteiger partial charge in [-0.2, -0.15) is 5.10 Å². The molecule has 0 aliphatic heterocycles. The molecule has 29 heavy (non-hydrogen) atoms. The van der Waals surface area contributed by atoms with Crippen molar-refractivity contribution in [3.8, 4) is 11.5 Å². The molecule has 2 aromatic carbocycles. The first-order chi connectivity index (χ1) is 13.5. The van der Waals surface area contributed by atoms with Crippen molar-refractivity contribution in [2.45, 2.75) is 26.7 Å². The molecule has 0 aliphatic rings. The van der Waals surface area contributed by atoms with Gasteiger partial charge in [-0.05, 0) is 83.9 Å². The van der Waals surface area contributed by atoms with Gasteiger partial charge in [0.15, 0.2) is 6.61 Å². The smallest absolute Gasteiger partial charge is 0.277 e. The quantitative estimate of drug-likeness (QED) is 0.246. The monoisotopic (exact) mass is 716 g/mol. The van der Waals surface area contributed by atoms with Gasteiger partial charge in [-0.1, -0.05) is 45.7 Å². The van der Waals surface area contributed by atoms with Crippen LogP contribution < -0.4 is 10.2 Å². The van der Waals surface area contributed by atoms with Crippen LogP contribution in [0, 0.1) is 6.92 Å². The molecule has 2 N–H and O–H groups in total. The topological polar surface area (TPSA) is 70.9 Å². The van der Waals surface area contributed by atoms with Crippen LogP contribution in [0.5, 0.6) is 11.5 Å². The summed E-state index contributed by atoms with van der Waals surface area (Å²) in [4.78, 5) is 12.2. The number of amides is 1. The normalized spacial score (nSPS) is 11.3. The maximum absolute atomic E-state index is 12.2. The molecule has 0 saturated heterocycles. The van der Waals surface area contributed by atoms with Gasteiger partial charge in [0.1, 0.15) is 11.5 Å². The Morgan fingerprint density at radius 2 is 1.79 bits per heavy atom. The molecule has 0 heterocycles. The van der Waals surface area contributed by atoms with Gasteiger partial charge >= 0.3 is 0 Å². The molecule has 0 atom stereocenters. The van der Waals surface area contributed by atoms with Crippen molar-refractivity contribution < 1.29 is 14.6 Å². The number of phenolic OH excluding ortho intramolecular Hbond substituents is 1. The third-order valence-corrected chi connectivity index (χ3v) is 7.81. The lowest BCUT2D eigenvalue weighted by Crippen LogP contribution is -2.25. The fraction of sp³-hybridized carbons (Fsp3) is 0.263. The van der Waals surface area contributed by atoms with E-state index in [2.05, 4.69) is 104 Å². The highest BCUT2D eigenvalue weighted by Gasteiger charge is 2.18. The fourth-order valence-electron chi connectivity index (χ4n) is 2.34. The van der Waals surface area contributed by atoms with Crippen LogP contribution in [0.4, 0.5) is 0 Å². The van der Waals surface area contributed by atoms with Gasteiger partial charge in [0.25, 0.3) is 5.91 Å². The van der Waals surface area contributed by atoms with Crippen molar-refractivity contribution in [2.75, 3.05) is 6.61 Å². The molecule has 5 nitrogen and oxygen atoms in total. The summed E-state index contributed by atoms with van der Waals surface area (Å²) in [5.74, 6) is 0.500. The molecule has 1 amide bonds. The lowest BCUT2D eigenvalue weighted by Gasteiger charge is -2.18. The number of halogens is 5. The summed E-state index contributed by atoms with van der Waals surface area (Å²) in [7, 11) is 0. The molecule has 0 saturated carbocycles. The molecule has 0 aliphatic carbocycles. The molecular formula is C19H17Br5N2O3. The van der Waals surface area contributed by atoms with E-state index in [1.54, 1.807) is 6.07 Å². The summed E-state index contributed by atoms with van der Waals surface area (Å²) in [6.07, 6.45) is 1.43. The van der Waals surface area contributed by atoms with Crippen LogP contribution in [-0.4, -0.2) is 23.8 Å². The summed E-state index contributed by atoms with van der Waals surface area (Å²) in [5.41, 5.74) is 5.00. The second-order valence-electron chi connectivity index (χ2n) is 6.37. The Bertz CT molecular complexity index is 977. The predicted octanol–water partition coefficient (Wildman–Crippen LogP) is 7.17. The summed E-state index contributed by atoms with van der Waals surface area (Å²) in [6.45, 7) is 5.89. The zero-order chi connectivity index (χ0) is 21.9. The van der Waals surface area contributed by atoms with E-state index in [0.717, 1.165) is 20.1 Å². The van der Waals surface area contributed by atoms with E-state index < -0.39 is 5.91 Å². The zero-order valence-electron chi connectivity index (χ0n) is 15.6. The van der Waals surface area contributed by atoms with Crippen LogP contribution in [-0.2, 0) is 4.79 Å². The molecule has 0 radical (unpaired) electrons. The number of hydrazone groups is 1. The number of aromatic hydroxyl groups is 1. The Balaban J connectivity index is 2.10. The van der Waals surface area contributed by atoms with Gasteiger partial charge in [-0.3, -0.25) is 4.79 Å². The maximum Gasteiger partial charge on any atom is 0.277 e. The standard InChI is InChI=1S/C19H17Br5N2O3/c1-8(2)10-4-12(20)9(3)16(23)19(10)29-7-15(27)26-25-6-11-13(21)5-14(22)18(28)17(11)24/h4-6,8,28H,7H2,1-3H3,(H,26,27)/b25-6+. The Morgan fingerprint density at radius 3 is 2.41 bits per heavy atom. The molecule has 0 fully saturated rings. The molecule has 0 unspecified atom stereocenters. The summed E-state index contributed by atoms with van der Waals surface area (Å²) in [5, 5.41) is 13.9. The second kappa shape index (κ2) is 10.7. The molecule has 2 rings (SSSR count). The van der Waals surface area contributed by atoms with E-state index in [1.165, 1.54) is 6.21 Å². The number of phenols is 1. The number of carbonyl (C=O) groups excluding carboxylic acids is 1. The van der Waals surface area contributed by atoms with Gasteiger partial charge in [0, 0.05) is 14.5 Å². The van der Waals surface area contributed by atoms with Crippen LogP contribution in [0.3, 0.4) is 0 Å². The Labute approximate surface area is 211 Å². The van der Waals surface area contributed by atoms with Crippen molar-refractivity contribution in [2.24, 2.45) is 5.10 Å². The number of nitrogens with one attached hydrogen (secondary N) is 1. The van der Waals surface area contributed by atoms with Gasteiger partial charge in [0.2, 0.25) is 0 Å². The number of carbonyl (C=O) groups is 1. The van der Waals surface area contributed by atoms with Gasteiger partial charge in [-0.25, -0.2) is 5.43 Å². The molecule has 10 heteroatoms. The number of hydrogen-bond acceptors (Lipinski definition) is 4. The second-order valence-corrected chi connectivity index (χ2v) is 10.5. The number of ether oxygens (including phenoxy) is 1. The Hall–Kier alpha value is -0.420. The van der Waals surface area contributed by atoms with E-state index in [9.17, 15) is 9.90 Å². The van der Waals surface area contributed by atoms with E-state index in [0.29, 0.717) is 24.7 Å². The summed E-state index contributed by atoms with van der Waals surface area (Å²) >= 11 is 17.0. The average Bonchev–Trinajstić information content (AvgIpc) is 2.65. The first-order valence-corrected chi connectivity index (χ1v) is 12.3. The first-order valence-electron chi connectivity index (χ1n) is 8.34. The van der Waals surface area contributed by atoms with Crippen LogP contribution in [0.2, 0.25) is 0 Å². The van der Waals surface area contributed by atoms with E-state index in [1.807, 2.05) is 13.0 Å². The van der Waals surface area contributed by atoms with Crippen LogP contribution >= 0.6 is 79.6 Å². The van der Waals surface area contributed by atoms with E-state index in [-0.39, 0.29) is 18.3 Å². The molecular weight excluding hydrogens is 704 g/mol. The summed E-state index contributed by atoms with van der Waals surface area (Å²) in [6, 6.07) is 3.69. The molecule has 0 spiro atoms. The van der Waals surface area contributed by atoms with Crippen LogP contribution in [0.1, 0.15) is 36.5 Å². The minimum atomic E-state index is -0.406. The highest BCUT2D eigenvalue weighted by atomic mass is 79.9. The highest BCUT2D eigenvalue weighted by molar-refractivity contribution is 9.12. The SMILES string of the molecule is Cc1c(Br)cc(C(C)C)c(OCC(=O)N/N=C/c2c(Br)cc(Br)c(O)c2Br)c1Br. The zero-order valence-corrected chi connectivity index (χ0v) is 23.5. The predicted molar refractivity (Wildman–Crippen MR) is 133 cm³/mol. The molecule has 156 valence electrons. The van der Waals surface area contributed by atoms with Crippen molar-refractivity contribution in [1.29, 1.82) is 0 Å². The molecule has 2 aromatic rings. The number of benzene rings is 2. The first kappa shape index (κ1) is 24.8. The number of hydrogen-bond donors (Lipinski definition) is 2. The van der Waals surface area contributed by atoms with Gasteiger partial charge < -0.3 is 9.84 Å². The fourth-order valence-corrected chi connectivity index (χ4v) is 5.93. The van der Waals surface area contributed by atoms with E-state index in [4.69, 9.17) is 4.74 Å². The van der Waals surface area contributed by atoms with Gasteiger partial charge in [0.05, 0.1) is 19.6 Å². The molecule has 0 bridgehead atoms. The van der Waals surface area contributed by atoms with Crippen LogP contribution in [0.15, 0.2) is 39.6 Å². The average molecular weight is 721 g/mol. The third-order valence-electron chi connectivity index (χ3n) is 3.97. The Kier molecular flexibility index (Phi) is 9.21. The van der Waals surface area contributed by atoms with Crippen molar-refractivity contribution in [3.05, 3.63) is 51.2 Å². The highest BCUT2D eigenvalue weighted by Crippen LogP contribution is 2.40. The maximum atomic E-state index is 12.2. The van der Waals surface area contributed by atoms with Crippen molar-refractivity contribution in [3.63, 3.8) is 0 Å². The van der Waals surface area contributed by atoms with Crippen molar-refractivity contribution >= 4 is 91.8 Å². The lowest BCUT2D eigenvalue weighted by atomic mass is 10.0. The third kappa shape index (κ3) is 6.06. The summed E-state index contributed by atoms with van der Waals surface area (Å²) < 4.78 is 9.25. The molecule has 0 aromatic heterocycles. The minimum absolute atomic E-state index is 0.0426. The van der Waals surface area contributed by atoms with E-state index >= 15 is 0 Å².